The van der Waals surface area contributed by atoms with Crippen LogP contribution in [0.5, 0.6) is 11.5 Å². The van der Waals surface area contributed by atoms with Gasteiger partial charge < -0.3 is 9.47 Å². The minimum atomic E-state index is -0.780. The fourth-order valence-electron chi connectivity index (χ4n) is 4.48. The van der Waals surface area contributed by atoms with Gasteiger partial charge in [-0.3, -0.25) is 14.9 Å². The number of aryl methyl sites for hydroxylation is 2. The van der Waals surface area contributed by atoms with Crippen LogP contribution >= 0.6 is 22.6 Å². The van der Waals surface area contributed by atoms with Crippen molar-refractivity contribution in [2.24, 2.45) is 0 Å². The minimum absolute atomic E-state index is 0.152. The van der Waals surface area contributed by atoms with Crippen LogP contribution in [0.15, 0.2) is 78.4 Å². The number of urea groups is 1. The number of halogens is 1. The van der Waals surface area contributed by atoms with Crippen molar-refractivity contribution in [3.8, 4) is 11.5 Å². The van der Waals surface area contributed by atoms with Gasteiger partial charge in [0.25, 0.3) is 11.8 Å². The van der Waals surface area contributed by atoms with Crippen LogP contribution in [-0.4, -0.2) is 24.5 Å². The van der Waals surface area contributed by atoms with Crippen molar-refractivity contribution in [3.63, 3.8) is 0 Å². The predicted octanol–water partition coefficient (Wildman–Crippen LogP) is 6.71. The molecule has 8 heteroatoms. The first kappa shape index (κ1) is 27.4. The van der Waals surface area contributed by atoms with Crippen LogP contribution in [-0.2, 0) is 16.2 Å². The summed E-state index contributed by atoms with van der Waals surface area (Å²) in [6.45, 7) is 6.45. The molecule has 0 unspecified atom stereocenters. The third-order valence-electron chi connectivity index (χ3n) is 6.69. The number of anilines is 1. The summed E-state index contributed by atoms with van der Waals surface area (Å²) in [5.41, 5.74) is 3.78. The molecule has 1 aliphatic rings. The van der Waals surface area contributed by atoms with E-state index >= 15 is 0 Å². The largest absolute Gasteiger partial charge is 0.490 e. The van der Waals surface area contributed by atoms with Gasteiger partial charge in [0.05, 0.1) is 15.9 Å². The van der Waals surface area contributed by atoms with Crippen LogP contribution in [0.1, 0.15) is 29.2 Å². The lowest BCUT2D eigenvalue weighted by atomic mass is 10.0. The smallest absolute Gasteiger partial charge is 0.335 e. The average Bonchev–Trinajstić information content (AvgIpc) is 2.92. The van der Waals surface area contributed by atoms with Gasteiger partial charge in [0.15, 0.2) is 11.5 Å². The van der Waals surface area contributed by atoms with E-state index in [9.17, 15) is 14.4 Å². The summed E-state index contributed by atoms with van der Waals surface area (Å²) in [4.78, 5) is 39.7. The molecule has 4 amide bonds. The molecule has 1 aliphatic heterocycles. The SMILES string of the molecule is CCOc1cc(/C=C2\C(=O)NC(=O)N(c3ccc(C)c(C)c3)C2=O)cc(I)c1OCc1ccc2ccccc2c1. The van der Waals surface area contributed by atoms with Crippen LogP contribution in [0.3, 0.4) is 0 Å². The second-order valence-corrected chi connectivity index (χ2v) is 10.6. The van der Waals surface area contributed by atoms with Gasteiger partial charge in [-0.25, -0.2) is 9.69 Å². The Labute approximate surface area is 245 Å². The summed E-state index contributed by atoms with van der Waals surface area (Å²) in [7, 11) is 0. The van der Waals surface area contributed by atoms with E-state index in [1.54, 1.807) is 18.2 Å². The molecule has 1 fully saturated rings. The molecule has 1 heterocycles. The maximum absolute atomic E-state index is 13.4. The van der Waals surface area contributed by atoms with E-state index in [0.29, 0.717) is 36.0 Å². The first-order chi connectivity index (χ1) is 19.2. The van der Waals surface area contributed by atoms with Gasteiger partial charge in [-0.1, -0.05) is 42.5 Å². The number of benzene rings is 4. The number of hydrogen-bond donors (Lipinski definition) is 1. The Hall–Kier alpha value is -4.18. The molecule has 1 N–H and O–H groups in total. The van der Waals surface area contributed by atoms with Gasteiger partial charge in [-0.15, -0.1) is 0 Å². The molecule has 0 spiro atoms. The number of ether oxygens (including phenoxy) is 2. The van der Waals surface area contributed by atoms with Gasteiger partial charge >= 0.3 is 6.03 Å². The number of carbonyl (C=O) groups excluding carboxylic acids is 3. The molecule has 0 aliphatic carbocycles. The summed E-state index contributed by atoms with van der Waals surface area (Å²) in [5, 5.41) is 4.57. The normalized spacial score (nSPS) is 14.6. The monoisotopic (exact) mass is 646 g/mol. The lowest BCUT2D eigenvalue weighted by molar-refractivity contribution is -0.122. The van der Waals surface area contributed by atoms with Gasteiger partial charge in [0.1, 0.15) is 12.2 Å². The molecule has 1 saturated heterocycles. The highest BCUT2D eigenvalue weighted by atomic mass is 127. The highest BCUT2D eigenvalue weighted by Gasteiger charge is 2.37. The maximum atomic E-state index is 13.4. The van der Waals surface area contributed by atoms with E-state index in [0.717, 1.165) is 35.9 Å². The first-order valence-electron chi connectivity index (χ1n) is 12.8. The number of hydrogen-bond acceptors (Lipinski definition) is 5. The number of amides is 4. The molecular weight excluding hydrogens is 619 g/mol. The maximum Gasteiger partial charge on any atom is 0.335 e. The minimum Gasteiger partial charge on any atom is -0.490 e. The van der Waals surface area contributed by atoms with E-state index in [1.807, 2.05) is 51.1 Å². The quantitative estimate of drug-likeness (QED) is 0.137. The van der Waals surface area contributed by atoms with Crippen LogP contribution in [0.2, 0.25) is 0 Å². The van der Waals surface area contributed by atoms with Crippen LogP contribution < -0.4 is 19.7 Å². The fourth-order valence-corrected chi connectivity index (χ4v) is 5.26. The molecule has 4 aromatic rings. The van der Waals surface area contributed by atoms with Gasteiger partial charge in [-0.2, -0.15) is 0 Å². The topological polar surface area (TPSA) is 84.9 Å². The highest BCUT2D eigenvalue weighted by Crippen LogP contribution is 2.36. The third-order valence-corrected chi connectivity index (χ3v) is 7.49. The zero-order chi connectivity index (χ0) is 28.4. The van der Waals surface area contributed by atoms with E-state index in [4.69, 9.17) is 9.47 Å². The van der Waals surface area contributed by atoms with Crippen molar-refractivity contribution in [2.75, 3.05) is 11.5 Å². The number of nitrogens with one attached hydrogen (secondary N) is 1. The Kier molecular flexibility index (Phi) is 7.88. The lowest BCUT2D eigenvalue weighted by Crippen LogP contribution is -2.54. The number of imide groups is 2. The second-order valence-electron chi connectivity index (χ2n) is 9.46. The van der Waals surface area contributed by atoms with E-state index in [2.05, 4.69) is 52.2 Å². The zero-order valence-corrected chi connectivity index (χ0v) is 24.4. The van der Waals surface area contributed by atoms with Gasteiger partial charge in [-0.05, 0) is 113 Å². The second kappa shape index (κ2) is 11.5. The summed E-state index contributed by atoms with van der Waals surface area (Å²) >= 11 is 2.15. The molecule has 7 nitrogen and oxygen atoms in total. The molecule has 202 valence electrons. The summed E-state index contributed by atoms with van der Waals surface area (Å²) in [6.07, 6.45) is 1.47. The van der Waals surface area contributed by atoms with Crippen molar-refractivity contribution >= 4 is 63.0 Å². The zero-order valence-electron chi connectivity index (χ0n) is 22.3. The standard InChI is InChI=1S/C32H27IN2O5/c1-4-39-28-17-22(16-27(33)29(28)40-18-21-10-11-23-7-5-6-8-24(23)14-21)15-26-30(36)34-32(38)35(31(26)37)25-12-9-19(2)20(3)13-25/h5-17H,4,18H2,1-3H3,(H,34,36,38)/b26-15+. The molecule has 0 saturated carbocycles. The van der Waals surface area contributed by atoms with Crippen LogP contribution in [0.4, 0.5) is 10.5 Å². The predicted molar refractivity (Wildman–Crippen MR) is 164 cm³/mol. The Morgan fingerprint density at radius 2 is 1.65 bits per heavy atom. The molecule has 0 radical (unpaired) electrons. The van der Waals surface area contributed by atoms with Crippen molar-refractivity contribution < 1.29 is 23.9 Å². The fraction of sp³-hybridized carbons (Fsp3) is 0.156. The Morgan fingerprint density at radius 3 is 2.40 bits per heavy atom. The average molecular weight is 646 g/mol. The van der Waals surface area contributed by atoms with E-state index in [1.165, 1.54) is 6.08 Å². The molecule has 4 aromatic carbocycles. The molecular formula is C32H27IN2O5. The van der Waals surface area contributed by atoms with Crippen molar-refractivity contribution in [3.05, 3.63) is 104 Å². The number of carbonyl (C=O) groups is 3. The first-order valence-corrected chi connectivity index (χ1v) is 13.9. The number of nitrogens with zero attached hydrogens (tertiary/aromatic N) is 1. The van der Waals surface area contributed by atoms with Crippen LogP contribution in [0.25, 0.3) is 16.8 Å². The Bertz CT molecular complexity index is 1690. The van der Waals surface area contributed by atoms with Gasteiger partial charge in [0.2, 0.25) is 0 Å². The molecule has 40 heavy (non-hydrogen) atoms. The summed E-state index contributed by atoms with van der Waals surface area (Å²) < 4.78 is 12.8. The van der Waals surface area contributed by atoms with Gasteiger partial charge in [0, 0.05) is 0 Å². The lowest BCUT2D eigenvalue weighted by Gasteiger charge is -2.27. The molecule has 0 bridgehead atoms. The number of fused-ring (bicyclic) bond motifs is 1. The Morgan fingerprint density at radius 1 is 0.875 bits per heavy atom. The van der Waals surface area contributed by atoms with E-state index in [-0.39, 0.29) is 5.57 Å². The molecule has 0 atom stereocenters. The highest BCUT2D eigenvalue weighted by molar-refractivity contribution is 14.1. The van der Waals surface area contributed by atoms with Crippen LogP contribution in [0, 0.1) is 17.4 Å². The van der Waals surface area contributed by atoms with Crippen molar-refractivity contribution in [2.45, 2.75) is 27.4 Å². The Balaban J connectivity index is 1.44. The molecule has 5 rings (SSSR count). The third kappa shape index (κ3) is 5.58. The summed E-state index contributed by atoms with van der Waals surface area (Å²) in [5.74, 6) is -0.377. The van der Waals surface area contributed by atoms with Crippen molar-refractivity contribution in [1.29, 1.82) is 0 Å². The van der Waals surface area contributed by atoms with E-state index < -0.39 is 17.8 Å². The molecule has 0 aromatic heterocycles. The summed E-state index contributed by atoms with van der Waals surface area (Å²) in [6, 6.07) is 22.4. The number of rotatable bonds is 7. The number of barbiturate groups is 1. The van der Waals surface area contributed by atoms with Crippen molar-refractivity contribution in [1.82, 2.24) is 5.32 Å².